The molecule has 0 saturated carbocycles. The first kappa shape index (κ1) is 17.3. The fourth-order valence-electron chi connectivity index (χ4n) is 2.07. The Morgan fingerprint density at radius 1 is 1.29 bits per heavy atom. The second-order valence-electron chi connectivity index (χ2n) is 6.38. The maximum Gasteiger partial charge on any atom is 0.317 e. The van der Waals surface area contributed by atoms with Crippen LogP contribution in [0, 0.1) is 5.41 Å². The number of urea groups is 1. The lowest BCUT2D eigenvalue weighted by Crippen LogP contribution is -2.53. The van der Waals surface area contributed by atoms with Crippen LogP contribution < -0.4 is 10.6 Å². The van der Waals surface area contributed by atoms with E-state index in [0.717, 1.165) is 12.8 Å². The highest BCUT2D eigenvalue weighted by Gasteiger charge is 2.28. The van der Waals surface area contributed by atoms with E-state index >= 15 is 0 Å². The van der Waals surface area contributed by atoms with Crippen LogP contribution in [-0.4, -0.2) is 53.6 Å². The lowest BCUT2D eigenvalue weighted by molar-refractivity contribution is -0.136. The largest absolute Gasteiger partial charge is 0.481 e. The Bertz CT molecular complexity index is 404. The molecule has 0 aromatic rings. The summed E-state index contributed by atoms with van der Waals surface area (Å²) in [7, 11) is 0. The molecule has 0 bridgehead atoms. The standard InChI is InChI=1S/C14H25N3O4/c1-14(2,3)12(20)16-10-5-4-8-17(9-10)13(21)15-7-6-11(18)19/h10H,4-9H2,1-3H3,(H,15,21)(H,16,20)(H,18,19). The summed E-state index contributed by atoms with van der Waals surface area (Å²) in [5.74, 6) is -0.968. The van der Waals surface area contributed by atoms with Crippen molar-refractivity contribution in [3.63, 3.8) is 0 Å². The van der Waals surface area contributed by atoms with Gasteiger partial charge in [0.25, 0.3) is 0 Å². The van der Waals surface area contributed by atoms with Crippen LogP contribution in [0.25, 0.3) is 0 Å². The fraction of sp³-hybridized carbons (Fsp3) is 0.786. The molecule has 0 aliphatic carbocycles. The second kappa shape index (κ2) is 7.28. The summed E-state index contributed by atoms with van der Waals surface area (Å²) < 4.78 is 0. The number of aliphatic carboxylic acids is 1. The van der Waals surface area contributed by atoms with Gasteiger partial charge in [0.15, 0.2) is 0 Å². The summed E-state index contributed by atoms with van der Waals surface area (Å²) in [5, 5.41) is 14.1. The van der Waals surface area contributed by atoms with Crippen LogP contribution in [0.2, 0.25) is 0 Å². The van der Waals surface area contributed by atoms with Crippen molar-refractivity contribution in [3.8, 4) is 0 Å². The van der Waals surface area contributed by atoms with E-state index < -0.39 is 11.4 Å². The van der Waals surface area contributed by atoms with Crippen molar-refractivity contribution in [2.24, 2.45) is 5.41 Å². The number of nitrogens with zero attached hydrogens (tertiary/aromatic N) is 1. The minimum absolute atomic E-state index is 0.0272. The van der Waals surface area contributed by atoms with Gasteiger partial charge in [0, 0.05) is 31.1 Å². The predicted octanol–water partition coefficient (Wildman–Crippen LogP) is 0.797. The molecule has 1 saturated heterocycles. The van der Waals surface area contributed by atoms with E-state index in [-0.39, 0.29) is 30.9 Å². The zero-order valence-electron chi connectivity index (χ0n) is 12.9. The van der Waals surface area contributed by atoms with Crippen LogP contribution >= 0.6 is 0 Å². The molecule has 0 radical (unpaired) electrons. The van der Waals surface area contributed by atoms with Crippen LogP contribution in [-0.2, 0) is 9.59 Å². The van der Waals surface area contributed by atoms with Gasteiger partial charge in [-0.05, 0) is 12.8 Å². The molecular formula is C14H25N3O4. The Hall–Kier alpha value is -1.79. The van der Waals surface area contributed by atoms with Gasteiger partial charge in [0.05, 0.1) is 6.42 Å². The number of carboxylic acids is 1. The fourth-order valence-corrected chi connectivity index (χ4v) is 2.07. The molecule has 21 heavy (non-hydrogen) atoms. The van der Waals surface area contributed by atoms with Crippen LogP contribution in [0.15, 0.2) is 0 Å². The molecule has 3 N–H and O–H groups in total. The lowest BCUT2D eigenvalue weighted by Gasteiger charge is -2.34. The molecule has 3 amide bonds. The Morgan fingerprint density at radius 3 is 2.52 bits per heavy atom. The molecule has 1 aliphatic heterocycles. The number of likely N-dealkylation sites (tertiary alicyclic amines) is 1. The molecule has 0 spiro atoms. The lowest BCUT2D eigenvalue weighted by atomic mass is 9.94. The predicted molar refractivity (Wildman–Crippen MR) is 77.8 cm³/mol. The molecular weight excluding hydrogens is 274 g/mol. The van der Waals surface area contributed by atoms with E-state index in [9.17, 15) is 14.4 Å². The third-order valence-electron chi connectivity index (χ3n) is 3.34. The first-order valence-corrected chi connectivity index (χ1v) is 7.25. The summed E-state index contributed by atoms with van der Waals surface area (Å²) in [6.07, 6.45) is 1.58. The van der Waals surface area contributed by atoms with Crippen molar-refractivity contribution >= 4 is 17.9 Å². The molecule has 1 heterocycles. The zero-order valence-corrected chi connectivity index (χ0v) is 12.9. The second-order valence-corrected chi connectivity index (χ2v) is 6.38. The summed E-state index contributed by atoms with van der Waals surface area (Å²) in [6, 6.07) is -0.318. The molecule has 7 nitrogen and oxygen atoms in total. The number of carboxylic acid groups (broad SMARTS) is 1. The van der Waals surface area contributed by atoms with Gasteiger partial charge in [-0.3, -0.25) is 9.59 Å². The minimum Gasteiger partial charge on any atom is -0.481 e. The molecule has 1 atom stereocenters. The van der Waals surface area contributed by atoms with Gasteiger partial charge in [-0.25, -0.2) is 4.79 Å². The van der Waals surface area contributed by atoms with E-state index in [4.69, 9.17) is 5.11 Å². The van der Waals surface area contributed by atoms with Crippen molar-refractivity contribution in [1.82, 2.24) is 15.5 Å². The molecule has 7 heteroatoms. The highest BCUT2D eigenvalue weighted by atomic mass is 16.4. The van der Waals surface area contributed by atoms with Gasteiger partial charge in [-0.15, -0.1) is 0 Å². The maximum atomic E-state index is 12.0. The van der Waals surface area contributed by atoms with Gasteiger partial charge in [0.1, 0.15) is 0 Å². The van der Waals surface area contributed by atoms with E-state index in [1.165, 1.54) is 0 Å². The van der Waals surface area contributed by atoms with Crippen LogP contribution in [0.5, 0.6) is 0 Å². The number of rotatable bonds is 4. The van der Waals surface area contributed by atoms with Crippen LogP contribution in [0.4, 0.5) is 4.79 Å². The van der Waals surface area contributed by atoms with Crippen molar-refractivity contribution in [2.75, 3.05) is 19.6 Å². The highest BCUT2D eigenvalue weighted by molar-refractivity contribution is 5.81. The third-order valence-corrected chi connectivity index (χ3v) is 3.34. The van der Waals surface area contributed by atoms with Gasteiger partial charge >= 0.3 is 12.0 Å². The minimum atomic E-state index is -0.940. The van der Waals surface area contributed by atoms with Crippen molar-refractivity contribution in [1.29, 1.82) is 0 Å². The number of carbonyl (C=O) groups excluding carboxylic acids is 2. The smallest absolute Gasteiger partial charge is 0.317 e. The van der Waals surface area contributed by atoms with Crippen LogP contribution in [0.3, 0.4) is 0 Å². The van der Waals surface area contributed by atoms with Crippen molar-refractivity contribution < 1.29 is 19.5 Å². The topological polar surface area (TPSA) is 98.7 Å². The van der Waals surface area contributed by atoms with E-state index in [2.05, 4.69) is 10.6 Å². The Labute approximate surface area is 125 Å². The van der Waals surface area contributed by atoms with Gasteiger partial charge < -0.3 is 20.6 Å². The Morgan fingerprint density at radius 2 is 1.95 bits per heavy atom. The van der Waals surface area contributed by atoms with E-state index in [1.807, 2.05) is 20.8 Å². The number of amides is 3. The zero-order chi connectivity index (χ0) is 16.0. The molecule has 1 fully saturated rings. The number of carbonyl (C=O) groups is 3. The quantitative estimate of drug-likeness (QED) is 0.715. The number of nitrogens with one attached hydrogen (secondary N) is 2. The van der Waals surface area contributed by atoms with E-state index in [0.29, 0.717) is 13.1 Å². The summed E-state index contributed by atoms with van der Waals surface area (Å²) in [6.45, 7) is 6.75. The Balaban J connectivity index is 2.43. The molecule has 1 rings (SSSR count). The van der Waals surface area contributed by atoms with Gasteiger partial charge in [0.2, 0.25) is 5.91 Å². The monoisotopic (exact) mass is 299 g/mol. The third kappa shape index (κ3) is 6.01. The van der Waals surface area contributed by atoms with Gasteiger partial charge in [-0.2, -0.15) is 0 Å². The molecule has 0 aromatic heterocycles. The SMILES string of the molecule is CC(C)(C)C(=O)NC1CCCN(C(=O)NCCC(=O)O)C1. The number of hydrogen-bond donors (Lipinski definition) is 3. The number of hydrogen-bond acceptors (Lipinski definition) is 3. The normalized spacial score (nSPS) is 19.0. The highest BCUT2D eigenvalue weighted by Crippen LogP contribution is 2.16. The van der Waals surface area contributed by atoms with Gasteiger partial charge in [-0.1, -0.05) is 20.8 Å². The average Bonchev–Trinajstić information content (AvgIpc) is 2.37. The van der Waals surface area contributed by atoms with E-state index in [1.54, 1.807) is 4.90 Å². The summed E-state index contributed by atoms with van der Waals surface area (Å²) in [5.41, 5.74) is -0.452. The Kier molecular flexibility index (Phi) is 5.99. The molecule has 120 valence electrons. The van der Waals surface area contributed by atoms with Crippen molar-refractivity contribution in [2.45, 2.75) is 46.1 Å². The summed E-state index contributed by atoms with van der Waals surface area (Å²) >= 11 is 0. The first-order valence-electron chi connectivity index (χ1n) is 7.25. The van der Waals surface area contributed by atoms with Crippen LogP contribution in [0.1, 0.15) is 40.0 Å². The van der Waals surface area contributed by atoms with Crippen molar-refractivity contribution in [3.05, 3.63) is 0 Å². The summed E-state index contributed by atoms with van der Waals surface area (Å²) in [4.78, 5) is 35.9. The average molecular weight is 299 g/mol. The number of piperidine rings is 1. The molecule has 1 unspecified atom stereocenters. The molecule has 0 aromatic carbocycles. The molecule has 1 aliphatic rings. The first-order chi connectivity index (χ1) is 9.70. The maximum absolute atomic E-state index is 12.0.